The van der Waals surface area contributed by atoms with Crippen molar-refractivity contribution < 1.29 is 14.0 Å². The summed E-state index contributed by atoms with van der Waals surface area (Å²) in [5.41, 5.74) is 4.57. The number of piperidine rings is 1. The Hall–Kier alpha value is -4.99. The van der Waals surface area contributed by atoms with Crippen LogP contribution < -0.4 is 5.32 Å². The highest BCUT2D eigenvalue weighted by atomic mass is 16.3. The maximum absolute atomic E-state index is 13.3. The van der Waals surface area contributed by atoms with Gasteiger partial charge in [-0.15, -0.1) is 0 Å². The van der Waals surface area contributed by atoms with Gasteiger partial charge in [-0.3, -0.25) is 19.3 Å². The third-order valence-corrected chi connectivity index (χ3v) is 7.18. The van der Waals surface area contributed by atoms with Gasteiger partial charge in [-0.05, 0) is 74.4 Å². The molecule has 0 aliphatic carbocycles. The fourth-order valence-electron chi connectivity index (χ4n) is 5.05. The molecule has 202 valence electrons. The lowest BCUT2D eigenvalue weighted by atomic mass is 9.89. The lowest BCUT2D eigenvalue weighted by Gasteiger charge is -2.32. The number of likely N-dealkylation sites (tertiary alicyclic amines) is 1. The van der Waals surface area contributed by atoms with Crippen molar-refractivity contribution in [1.29, 1.82) is 0 Å². The monoisotopic (exact) mass is 535 g/mol. The highest BCUT2D eigenvalue weighted by Crippen LogP contribution is 2.30. The van der Waals surface area contributed by atoms with E-state index in [4.69, 9.17) is 9.40 Å². The molecule has 0 unspecified atom stereocenters. The first-order chi connectivity index (χ1) is 19.5. The van der Waals surface area contributed by atoms with E-state index >= 15 is 0 Å². The zero-order valence-corrected chi connectivity index (χ0v) is 22.1. The zero-order valence-electron chi connectivity index (χ0n) is 22.1. The maximum Gasteiger partial charge on any atom is 0.257 e. The van der Waals surface area contributed by atoms with Crippen molar-refractivity contribution in [2.45, 2.75) is 32.2 Å². The molecule has 40 heavy (non-hydrogen) atoms. The van der Waals surface area contributed by atoms with Gasteiger partial charge in [0, 0.05) is 54.7 Å². The van der Waals surface area contributed by atoms with E-state index in [0.717, 1.165) is 29.9 Å². The number of aromatic nitrogens is 5. The van der Waals surface area contributed by atoms with Crippen LogP contribution in [0.1, 0.15) is 40.5 Å². The van der Waals surface area contributed by atoms with Crippen LogP contribution in [-0.4, -0.2) is 54.1 Å². The quantitative estimate of drug-likeness (QED) is 0.324. The Morgan fingerprint density at radius 2 is 1.85 bits per heavy atom. The number of anilines is 1. The summed E-state index contributed by atoms with van der Waals surface area (Å²) in [6.07, 6.45) is 10.2. The zero-order chi connectivity index (χ0) is 27.5. The molecule has 0 bridgehead atoms. The number of imidazole rings is 1. The largest absolute Gasteiger partial charge is 0.463 e. The van der Waals surface area contributed by atoms with Crippen molar-refractivity contribution in [3.63, 3.8) is 0 Å². The molecule has 0 radical (unpaired) electrons. The number of nitrogens with one attached hydrogen (secondary N) is 1. The fraction of sp³-hybridized carbons (Fsp3) is 0.233. The van der Waals surface area contributed by atoms with Crippen LogP contribution in [0.4, 0.5) is 5.69 Å². The van der Waals surface area contributed by atoms with Crippen LogP contribution in [0.2, 0.25) is 0 Å². The lowest BCUT2D eigenvalue weighted by Crippen LogP contribution is -2.40. The Morgan fingerprint density at radius 1 is 1.02 bits per heavy atom. The highest BCUT2D eigenvalue weighted by molar-refractivity contribution is 6.05. The third-order valence-electron chi connectivity index (χ3n) is 7.18. The number of furan rings is 1. The van der Waals surface area contributed by atoms with Crippen molar-refractivity contribution in [3.05, 3.63) is 103 Å². The van der Waals surface area contributed by atoms with Crippen molar-refractivity contribution >= 4 is 17.5 Å². The number of carbonyl (C=O) groups excluding carboxylic acids is 2. The maximum atomic E-state index is 13.3. The molecule has 5 aromatic rings. The topological polar surface area (TPSA) is 111 Å². The van der Waals surface area contributed by atoms with E-state index in [-0.39, 0.29) is 24.3 Å². The van der Waals surface area contributed by atoms with Crippen molar-refractivity contribution in [2.75, 3.05) is 18.4 Å². The Morgan fingerprint density at radius 3 is 2.58 bits per heavy atom. The molecular weight excluding hydrogens is 506 g/mol. The number of benzene rings is 1. The number of carbonyl (C=O) groups is 2. The van der Waals surface area contributed by atoms with Gasteiger partial charge in [-0.1, -0.05) is 0 Å². The number of rotatable bonds is 7. The molecule has 0 saturated carbocycles. The van der Waals surface area contributed by atoms with Gasteiger partial charge in [-0.2, -0.15) is 5.10 Å². The van der Waals surface area contributed by atoms with Gasteiger partial charge in [0.15, 0.2) is 5.76 Å². The average molecular weight is 536 g/mol. The predicted molar refractivity (Wildman–Crippen MR) is 149 cm³/mol. The number of amides is 2. The van der Waals surface area contributed by atoms with Crippen molar-refractivity contribution in [1.82, 2.24) is 29.2 Å². The van der Waals surface area contributed by atoms with Crippen LogP contribution in [0, 0.1) is 6.92 Å². The smallest absolute Gasteiger partial charge is 0.257 e. The number of hydrogen-bond acceptors (Lipinski definition) is 6. The van der Waals surface area contributed by atoms with Gasteiger partial charge in [0.05, 0.1) is 23.8 Å². The Bertz CT molecular complexity index is 1600. The molecule has 0 spiro atoms. The molecule has 4 aromatic heterocycles. The first-order valence-corrected chi connectivity index (χ1v) is 13.3. The van der Waals surface area contributed by atoms with Crippen LogP contribution in [-0.2, 0) is 11.3 Å². The molecule has 10 heteroatoms. The second-order valence-corrected chi connectivity index (χ2v) is 9.89. The minimum absolute atomic E-state index is 0.0156. The van der Waals surface area contributed by atoms with Crippen LogP contribution in [0.15, 0.2) is 90.2 Å². The molecule has 1 aliphatic heterocycles. The minimum atomic E-state index is -0.192. The number of nitrogens with zero attached hydrogens (tertiary/aromatic N) is 6. The van der Waals surface area contributed by atoms with Gasteiger partial charge < -0.3 is 19.2 Å². The first-order valence-electron chi connectivity index (χ1n) is 13.3. The van der Waals surface area contributed by atoms with E-state index in [1.54, 1.807) is 29.7 Å². The highest BCUT2D eigenvalue weighted by Gasteiger charge is 2.28. The van der Waals surface area contributed by atoms with Gasteiger partial charge in [0.1, 0.15) is 12.2 Å². The molecule has 6 rings (SSSR count). The summed E-state index contributed by atoms with van der Waals surface area (Å²) in [6.45, 7) is 3.30. The number of pyridine rings is 1. The SMILES string of the molecule is Cc1ccc(C(=O)Nc2ccc(-n3ccnc3)cc2)c(C2CCN(C(=O)Cn3ccc(-c4ccco4)n3)CC2)n1. The molecule has 1 aromatic carbocycles. The summed E-state index contributed by atoms with van der Waals surface area (Å²) in [4.78, 5) is 37.0. The fourth-order valence-corrected chi connectivity index (χ4v) is 5.05. The van der Waals surface area contributed by atoms with Gasteiger partial charge in [-0.25, -0.2) is 4.98 Å². The molecule has 2 amide bonds. The van der Waals surface area contributed by atoms with E-state index in [9.17, 15) is 9.59 Å². The van der Waals surface area contributed by atoms with Crippen LogP contribution in [0.5, 0.6) is 0 Å². The standard InChI is InChI=1S/C30H29N7O3/c1-21-4-9-25(30(39)33-23-5-7-24(8-6-23)36-17-13-31-20-36)29(32-21)22-10-14-35(15-11-22)28(38)19-37-16-12-26(34-37)27-3-2-18-40-27/h2-9,12-13,16-18,20,22H,10-11,14-15,19H2,1H3,(H,33,39). The average Bonchev–Trinajstić information content (AvgIpc) is 3.77. The molecular formula is C30H29N7O3. The van der Waals surface area contributed by atoms with Gasteiger partial charge in [0.2, 0.25) is 5.91 Å². The molecule has 1 fully saturated rings. The lowest BCUT2D eigenvalue weighted by molar-refractivity contribution is -0.133. The van der Waals surface area contributed by atoms with E-state index in [0.29, 0.717) is 35.8 Å². The van der Waals surface area contributed by atoms with Gasteiger partial charge in [0.25, 0.3) is 5.91 Å². The molecule has 1 N–H and O–H groups in total. The minimum Gasteiger partial charge on any atom is -0.463 e. The van der Waals surface area contributed by atoms with E-state index in [1.807, 2.05) is 77.2 Å². The molecule has 5 heterocycles. The first kappa shape index (κ1) is 25.3. The Labute approximate surface area is 231 Å². The van der Waals surface area contributed by atoms with Crippen molar-refractivity contribution in [2.24, 2.45) is 0 Å². The number of aryl methyl sites for hydroxylation is 1. The van der Waals surface area contributed by atoms with E-state index < -0.39 is 0 Å². The second kappa shape index (κ2) is 11.0. The summed E-state index contributed by atoms with van der Waals surface area (Å²) >= 11 is 0. The molecule has 1 saturated heterocycles. The van der Waals surface area contributed by atoms with Crippen LogP contribution in [0.3, 0.4) is 0 Å². The summed E-state index contributed by atoms with van der Waals surface area (Å²) in [6, 6.07) is 16.8. The Kier molecular flexibility index (Phi) is 6.96. The van der Waals surface area contributed by atoms with E-state index in [2.05, 4.69) is 15.4 Å². The molecule has 1 aliphatic rings. The van der Waals surface area contributed by atoms with E-state index in [1.165, 1.54) is 0 Å². The number of hydrogen-bond donors (Lipinski definition) is 1. The Balaban J connectivity index is 1.09. The summed E-state index contributed by atoms with van der Waals surface area (Å²) < 4.78 is 8.92. The second-order valence-electron chi connectivity index (χ2n) is 9.89. The molecule has 10 nitrogen and oxygen atoms in total. The van der Waals surface area contributed by atoms with Crippen molar-refractivity contribution in [3.8, 4) is 17.1 Å². The normalized spacial score (nSPS) is 13.9. The van der Waals surface area contributed by atoms with Crippen LogP contribution in [0.25, 0.3) is 17.1 Å². The molecule has 0 atom stereocenters. The summed E-state index contributed by atoms with van der Waals surface area (Å²) in [5.74, 6) is 0.580. The van der Waals surface area contributed by atoms with Crippen LogP contribution >= 0.6 is 0 Å². The third kappa shape index (κ3) is 5.42. The van der Waals surface area contributed by atoms with Gasteiger partial charge >= 0.3 is 0 Å². The summed E-state index contributed by atoms with van der Waals surface area (Å²) in [7, 11) is 0. The predicted octanol–water partition coefficient (Wildman–Crippen LogP) is 4.69. The summed E-state index contributed by atoms with van der Waals surface area (Å²) in [5, 5.41) is 7.47.